The zero-order valence-corrected chi connectivity index (χ0v) is 21.1. The van der Waals surface area contributed by atoms with E-state index in [1.807, 2.05) is 24.3 Å². The van der Waals surface area contributed by atoms with Gasteiger partial charge in [-0.25, -0.2) is 0 Å². The third-order valence-electron chi connectivity index (χ3n) is 5.28. The number of fused-ring (bicyclic) bond motifs is 1. The van der Waals surface area contributed by atoms with Gasteiger partial charge in [0.1, 0.15) is 35.5 Å². The summed E-state index contributed by atoms with van der Waals surface area (Å²) in [6.07, 6.45) is 4.90. The third kappa shape index (κ3) is 5.50. The van der Waals surface area contributed by atoms with Crippen molar-refractivity contribution in [3.8, 4) is 17.2 Å². The molecule has 3 heterocycles. The monoisotopic (exact) mass is 533 g/mol. The molecule has 1 N–H and O–H groups in total. The molecule has 2 aromatic carbocycles. The quantitative estimate of drug-likeness (QED) is 0.325. The zero-order chi connectivity index (χ0) is 25.8. The predicted octanol–water partition coefficient (Wildman–Crippen LogP) is 4.87. The predicted molar refractivity (Wildman–Crippen MR) is 144 cm³/mol. The third-order valence-corrected chi connectivity index (χ3v) is 6.53. The highest BCUT2D eigenvalue weighted by Crippen LogP contribution is 2.32. The van der Waals surface area contributed by atoms with Crippen molar-refractivity contribution in [2.45, 2.75) is 0 Å². The van der Waals surface area contributed by atoms with Crippen molar-refractivity contribution in [2.75, 3.05) is 20.3 Å². The van der Waals surface area contributed by atoms with Gasteiger partial charge in [-0.2, -0.15) is 15.1 Å². The number of carbonyl (C=O) groups is 1. The number of amidine groups is 2. The van der Waals surface area contributed by atoms with Gasteiger partial charge in [0.25, 0.3) is 5.91 Å². The van der Waals surface area contributed by atoms with Crippen molar-refractivity contribution < 1.29 is 19.0 Å². The minimum atomic E-state index is -0.516. The Kier molecular flexibility index (Phi) is 7.20. The van der Waals surface area contributed by atoms with Crippen LogP contribution in [-0.4, -0.2) is 52.3 Å². The van der Waals surface area contributed by atoms with Gasteiger partial charge >= 0.3 is 0 Å². The van der Waals surface area contributed by atoms with Gasteiger partial charge in [0.15, 0.2) is 5.84 Å². The summed E-state index contributed by atoms with van der Waals surface area (Å²) < 4.78 is 16.6. The van der Waals surface area contributed by atoms with Crippen LogP contribution in [0.25, 0.3) is 6.08 Å². The van der Waals surface area contributed by atoms with Crippen molar-refractivity contribution in [3.05, 3.63) is 88.7 Å². The van der Waals surface area contributed by atoms with E-state index in [-0.39, 0.29) is 18.0 Å². The van der Waals surface area contributed by atoms with Crippen molar-refractivity contribution in [2.24, 2.45) is 10.1 Å². The Hall–Kier alpha value is -4.15. The van der Waals surface area contributed by atoms with E-state index in [0.717, 1.165) is 5.56 Å². The fourth-order valence-corrected chi connectivity index (χ4v) is 4.62. The first-order chi connectivity index (χ1) is 18.0. The molecule has 3 aromatic rings. The van der Waals surface area contributed by atoms with Gasteiger partial charge in [0.2, 0.25) is 5.17 Å². The van der Waals surface area contributed by atoms with Crippen LogP contribution in [0, 0.1) is 5.41 Å². The van der Waals surface area contributed by atoms with Crippen molar-refractivity contribution in [3.63, 3.8) is 0 Å². The second kappa shape index (κ2) is 10.9. The summed E-state index contributed by atoms with van der Waals surface area (Å²) in [4.78, 5) is 20.9. The van der Waals surface area contributed by atoms with Gasteiger partial charge < -0.3 is 14.2 Å². The molecule has 2 aliphatic rings. The van der Waals surface area contributed by atoms with E-state index in [0.29, 0.717) is 44.7 Å². The van der Waals surface area contributed by atoms with Crippen LogP contribution in [0.4, 0.5) is 0 Å². The fraction of sp³-hybridized carbons (Fsp3) is 0.115. The van der Waals surface area contributed by atoms with Gasteiger partial charge in [0, 0.05) is 24.0 Å². The minimum Gasteiger partial charge on any atom is -0.497 e. The number of benzene rings is 2. The molecule has 1 aromatic heterocycles. The standard InChI is InChI=1S/C26H20ClN5O4S/c1-34-18-5-2-6-19(14-18)35-10-11-36-22-8-7-16(13-21(22)27)12-20-23(28)32-26(30-24(20)33)37-25(31-32)17-4-3-9-29-15-17/h2-9,12-15,28H,10-11H2,1H3/b20-12-,28-23?. The Morgan fingerprint density at radius 3 is 2.70 bits per heavy atom. The maximum absolute atomic E-state index is 12.7. The first kappa shape index (κ1) is 24.5. The molecule has 2 aliphatic heterocycles. The molecular weight excluding hydrogens is 514 g/mol. The summed E-state index contributed by atoms with van der Waals surface area (Å²) in [7, 11) is 1.60. The van der Waals surface area contributed by atoms with Gasteiger partial charge in [-0.1, -0.05) is 23.7 Å². The molecule has 0 fully saturated rings. The molecule has 0 spiro atoms. The number of hydrogen-bond donors (Lipinski definition) is 1. The summed E-state index contributed by atoms with van der Waals surface area (Å²) in [6.45, 7) is 0.596. The van der Waals surface area contributed by atoms with E-state index >= 15 is 0 Å². The summed E-state index contributed by atoms with van der Waals surface area (Å²) in [5.74, 6) is 1.28. The lowest BCUT2D eigenvalue weighted by molar-refractivity contribution is -0.114. The van der Waals surface area contributed by atoms with Crippen molar-refractivity contribution >= 4 is 51.4 Å². The second-order valence-electron chi connectivity index (χ2n) is 7.73. The van der Waals surface area contributed by atoms with Gasteiger partial charge in [-0.15, -0.1) is 0 Å². The van der Waals surface area contributed by atoms with E-state index in [1.165, 1.54) is 16.8 Å². The number of pyridine rings is 1. The molecule has 0 bridgehead atoms. The Morgan fingerprint density at radius 2 is 1.92 bits per heavy atom. The van der Waals surface area contributed by atoms with Crippen LogP contribution >= 0.6 is 23.4 Å². The number of aliphatic imine (C=N–C) groups is 1. The maximum atomic E-state index is 12.7. The molecule has 0 aliphatic carbocycles. The van der Waals surface area contributed by atoms with Gasteiger partial charge in [0.05, 0.1) is 17.7 Å². The molecule has 37 heavy (non-hydrogen) atoms. The molecule has 0 atom stereocenters. The molecule has 0 unspecified atom stereocenters. The largest absolute Gasteiger partial charge is 0.497 e. The maximum Gasteiger partial charge on any atom is 0.283 e. The molecule has 5 rings (SSSR count). The Morgan fingerprint density at radius 1 is 1.08 bits per heavy atom. The number of ether oxygens (including phenoxy) is 3. The Balaban J connectivity index is 1.24. The lowest BCUT2D eigenvalue weighted by Crippen LogP contribution is -2.35. The zero-order valence-electron chi connectivity index (χ0n) is 19.6. The SMILES string of the molecule is COc1cccc(OCCOc2ccc(/C=C3/C(=N)N4N=C(c5cccnc5)SC4=NC3=O)cc2Cl)c1. The van der Waals surface area contributed by atoms with E-state index in [2.05, 4.69) is 15.1 Å². The average molecular weight is 534 g/mol. The number of nitrogens with zero attached hydrogens (tertiary/aromatic N) is 4. The number of hydrogen-bond acceptors (Lipinski definition) is 8. The number of nitrogens with one attached hydrogen (secondary N) is 1. The number of halogens is 1. The number of rotatable bonds is 8. The van der Waals surface area contributed by atoms with Gasteiger partial charge in [-0.05, 0) is 59.8 Å². The first-order valence-corrected chi connectivity index (χ1v) is 12.3. The van der Waals surface area contributed by atoms with E-state index < -0.39 is 5.91 Å². The highest BCUT2D eigenvalue weighted by molar-refractivity contribution is 8.27. The second-order valence-corrected chi connectivity index (χ2v) is 9.10. The molecule has 1 amide bonds. The lowest BCUT2D eigenvalue weighted by atomic mass is 10.1. The number of thioether (sulfide) groups is 1. The van der Waals surface area contributed by atoms with Crippen LogP contribution in [0.5, 0.6) is 17.2 Å². The molecule has 186 valence electrons. The van der Waals surface area contributed by atoms with E-state index in [9.17, 15) is 4.79 Å². The van der Waals surface area contributed by atoms with Crippen LogP contribution < -0.4 is 14.2 Å². The summed E-state index contributed by atoms with van der Waals surface area (Å²) in [6, 6.07) is 16.1. The average Bonchev–Trinajstić information content (AvgIpc) is 3.35. The highest BCUT2D eigenvalue weighted by Gasteiger charge is 2.36. The summed E-state index contributed by atoms with van der Waals surface area (Å²) >= 11 is 7.63. The van der Waals surface area contributed by atoms with E-state index in [4.69, 9.17) is 31.2 Å². The summed E-state index contributed by atoms with van der Waals surface area (Å²) in [5.41, 5.74) is 1.52. The van der Waals surface area contributed by atoms with E-state index in [1.54, 1.807) is 55.9 Å². The molecule has 0 saturated carbocycles. The summed E-state index contributed by atoms with van der Waals surface area (Å²) in [5, 5.41) is 15.7. The highest BCUT2D eigenvalue weighted by atomic mass is 35.5. The number of methoxy groups -OCH3 is 1. The van der Waals surface area contributed by atoms with Crippen LogP contribution in [0.15, 0.2) is 82.7 Å². The smallest absolute Gasteiger partial charge is 0.283 e. The Bertz CT molecular complexity index is 1460. The molecule has 0 saturated heterocycles. The van der Waals surface area contributed by atoms with Gasteiger partial charge in [-0.3, -0.25) is 15.2 Å². The molecule has 9 nitrogen and oxygen atoms in total. The lowest BCUT2D eigenvalue weighted by Gasteiger charge is -2.20. The van der Waals surface area contributed by atoms with Crippen molar-refractivity contribution in [1.29, 1.82) is 5.41 Å². The topological polar surface area (TPSA) is 109 Å². The fourth-order valence-electron chi connectivity index (χ4n) is 3.49. The minimum absolute atomic E-state index is 0.0625. The normalized spacial score (nSPS) is 15.8. The first-order valence-electron chi connectivity index (χ1n) is 11.1. The number of hydrazone groups is 1. The van der Waals surface area contributed by atoms with Crippen LogP contribution in [0.1, 0.15) is 11.1 Å². The Labute approximate surface area is 221 Å². The number of carbonyl (C=O) groups excluding carboxylic acids is 1. The molecule has 11 heteroatoms. The van der Waals surface area contributed by atoms with Crippen LogP contribution in [0.3, 0.4) is 0 Å². The number of aromatic nitrogens is 1. The van der Waals surface area contributed by atoms with Crippen LogP contribution in [-0.2, 0) is 4.79 Å². The molecule has 0 radical (unpaired) electrons. The number of amides is 1. The van der Waals surface area contributed by atoms with Crippen LogP contribution in [0.2, 0.25) is 5.02 Å². The van der Waals surface area contributed by atoms with Crippen molar-refractivity contribution in [1.82, 2.24) is 9.99 Å². The molecular formula is C26H20ClN5O4S.